The van der Waals surface area contributed by atoms with Crippen LogP contribution in [0.1, 0.15) is 0 Å². The second-order valence-corrected chi connectivity index (χ2v) is 3.10. The molecule has 1 aromatic heterocycles. The van der Waals surface area contributed by atoms with Crippen molar-refractivity contribution < 1.29 is 4.39 Å². The molecule has 2 rings (SSSR count). The SMILES string of the molecule is Nc1ccc(Nc2ccc(F)cc2)cn1. The van der Waals surface area contributed by atoms with Gasteiger partial charge in [-0.05, 0) is 36.4 Å². The average Bonchev–Trinajstić information content (AvgIpc) is 2.25. The van der Waals surface area contributed by atoms with Crippen LogP contribution in [0.25, 0.3) is 0 Å². The molecule has 15 heavy (non-hydrogen) atoms. The Morgan fingerprint density at radius 2 is 1.67 bits per heavy atom. The first-order valence-electron chi connectivity index (χ1n) is 4.48. The molecule has 0 aliphatic rings. The molecule has 0 bridgehead atoms. The number of rotatable bonds is 2. The lowest BCUT2D eigenvalue weighted by atomic mass is 10.3. The molecule has 0 atom stereocenters. The largest absolute Gasteiger partial charge is 0.384 e. The number of pyridine rings is 1. The number of hydrogen-bond donors (Lipinski definition) is 2. The molecule has 0 saturated carbocycles. The third-order valence-electron chi connectivity index (χ3n) is 1.92. The summed E-state index contributed by atoms with van der Waals surface area (Å²) >= 11 is 0. The molecule has 76 valence electrons. The third-order valence-corrected chi connectivity index (χ3v) is 1.92. The average molecular weight is 203 g/mol. The summed E-state index contributed by atoms with van der Waals surface area (Å²) < 4.78 is 12.6. The lowest BCUT2D eigenvalue weighted by Crippen LogP contribution is -1.93. The summed E-state index contributed by atoms with van der Waals surface area (Å²) in [7, 11) is 0. The molecule has 0 fully saturated rings. The summed E-state index contributed by atoms with van der Waals surface area (Å²) in [5.41, 5.74) is 7.08. The zero-order valence-corrected chi connectivity index (χ0v) is 7.94. The van der Waals surface area contributed by atoms with Gasteiger partial charge < -0.3 is 11.1 Å². The zero-order chi connectivity index (χ0) is 10.7. The Morgan fingerprint density at radius 1 is 1.00 bits per heavy atom. The Hall–Kier alpha value is -2.10. The maximum atomic E-state index is 12.6. The second-order valence-electron chi connectivity index (χ2n) is 3.10. The van der Waals surface area contributed by atoms with Gasteiger partial charge in [-0.2, -0.15) is 0 Å². The minimum absolute atomic E-state index is 0.254. The van der Waals surface area contributed by atoms with Crippen molar-refractivity contribution in [2.75, 3.05) is 11.1 Å². The fourth-order valence-corrected chi connectivity index (χ4v) is 1.18. The van der Waals surface area contributed by atoms with Crippen LogP contribution in [0.15, 0.2) is 42.6 Å². The number of benzene rings is 1. The molecule has 0 amide bonds. The number of halogens is 1. The van der Waals surface area contributed by atoms with Gasteiger partial charge in [0.25, 0.3) is 0 Å². The molecule has 3 nitrogen and oxygen atoms in total. The number of anilines is 3. The van der Waals surface area contributed by atoms with Crippen LogP contribution in [0.4, 0.5) is 21.6 Å². The van der Waals surface area contributed by atoms with Crippen molar-refractivity contribution in [3.05, 3.63) is 48.4 Å². The Morgan fingerprint density at radius 3 is 2.27 bits per heavy atom. The Labute approximate surface area is 86.8 Å². The number of nitrogen functional groups attached to an aromatic ring is 1. The lowest BCUT2D eigenvalue weighted by molar-refractivity contribution is 0.628. The topological polar surface area (TPSA) is 50.9 Å². The third kappa shape index (κ3) is 2.43. The van der Waals surface area contributed by atoms with Gasteiger partial charge in [0.15, 0.2) is 0 Å². The molecule has 3 N–H and O–H groups in total. The van der Waals surface area contributed by atoms with E-state index in [2.05, 4.69) is 10.3 Å². The van der Waals surface area contributed by atoms with Crippen molar-refractivity contribution in [1.29, 1.82) is 0 Å². The van der Waals surface area contributed by atoms with Crippen LogP contribution in [0.3, 0.4) is 0 Å². The van der Waals surface area contributed by atoms with Crippen LogP contribution < -0.4 is 11.1 Å². The van der Waals surface area contributed by atoms with Gasteiger partial charge >= 0.3 is 0 Å². The Balaban J connectivity index is 2.15. The van der Waals surface area contributed by atoms with Gasteiger partial charge in [-0.3, -0.25) is 0 Å². The molecule has 0 spiro atoms. The van der Waals surface area contributed by atoms with Gasteiger partial charge in [0.1, 0.15) is 11.6 Å². The van der Waals surface area contributed by atoms with Gasteiger partial charge in [-0.15, -0.1) is 0 Å². The second kappa shape index (κ2) is 3.96. The summed E-state index contributed by atoms with van der Waals surface area (Å²) in [6.07, 6.45) is 1.62. The van der Waals surface area contributed by atoms with Gasteiger partial charge in [0, 0.05) is 5.69 Å². The smallest absolute Gasteiger partial charge is 0.123 e. The van der Waals surface area contributed by atoms with E-state index in [0.29, 0.717) is 5.82 Å². The van der Waals surface area contributed by atoms with Gasteiger partial charge in [-0.25, -0.2) is 9.37 Å². The van der Waals surface area contributed by atoms with Crippen molar-refractivity contribution in [2.24, 2.45) is 0 Å². The highest BCUT2D eigenvalue weighted by atomic mass is 19.1. The van der Waals surface area contributed by atoms with Crippen molar-refractivity contribution in [2.45, 2.75) is 0 Å². The van der Waals surface area contributed by atoms with E-state index in [9.17, 15) is 4.39 Å². The standard InChI is InChI=1S/C11H10FN3/c12-8-1-3-9(4-2-8)15-10-5-6-11(13)14-7-10/h1-7,15H,(H2,13,14). The number of aromatic nitrogens is 1. The molecular weight excluding hydrogens is 193 g/mol. The molecule has 4 heteroatoms. The maximum Gasteiger partial charge on any atom is 0.123 e. The van der Waals surface area contributed by atoms with Crippen LogP contribution in [0.2, 0.25) is 0 Å². The molecule has 2 aromatic rings. The summed E-state index contributed by atoms with van der Waals surface area (Å²) in [6.45, 7) is 0. The first-order chi connectivity index (χ1) is 7.24. The van der Waals surface area contributed by atoms with Gasteiger partial charge in [0.2, 0.25) is 0 Å². The van der Waals surface area contributed by atoms with Crippen LogP contribution in [0.5, 0.6) is 0 Å². The van der Waals surface area contributed by atoms with E-state index in [-0.39, 0.29) is 5.82 Å². The molecule has 1 heterocycles. The lowest BCUT2D eigenvalue weighted by Gasteiger charge is -2.05. The van der Waals surface area contributed by atoms with Crippen molar-refractivity contribution >= 4 is 17.2 Å². The first-order valence-corrected chi connectivity index (χ1v) is 4.48. The highest BCUT2D eigenvalue weighted by Crippen LogP contribution is 2.16. The maximum absolute atomic E-state index is 12.6. The fraction of sp³-hybridized carbons (Fsp3) is 0. The molecular formula is C11H10FN3. The van der Waals surface area contributed by atoms with Gasteiger partial charge in [0.05, 0.1) is 11.9 Å². The summed E-state index contributed by atoms with van der Waals surface area (Å²) in [6, 6.07) is 9.62. The monoisotopic (exact) mass is 203 g/mol. The van der Waals surface area contributed by atoms with Crippen LogP contribution in [-0.2, 0) is 0 Å². The van der Waals surface area contributed by atoms with E-state index in [1.165, 1.54) is 12.1 Å². The fourth-order valence-electron chi connectivity index (χ4n) is 1.18. The number of hydrogen-bond acceptors (Lipinski definition) is 3. The molecule has 0 saturated heterocycles. The van der Waals surface area contributed by atoms with E-state index in [4.69, 9.17) is 5.73 Å². The van der Waals surface area contributed by atoms with Crippen LogP contribution in [0, 0.1) is 5.82 Å². The van der Waals surface area contributed by atoms with E-state index in [1.54, 1.807) is 24.4 Å². The minimum Gasteiger partial charge on any atom is -0.384 e. The highest BCUT2D eigenvalue weighted by Gasteiger charge is 1.95. The van der Waals surface area contributed by atoms with E-state index in [1.807, 2.05) is 6.07 Å². The van der Waals surface area contributed by atoms with E-state index < -0.39 is 0 Å². The summed E-state index contributed by atoms with van der Waals surface area (Å²) in [4.78, 5) is 3.93. The minimum atomic E-state index is -0.254. The molecule has 0 radical (unpaired) electrons. The van der Waals surface area contributed by atoms with Crippen LogP contribution >= 0.6 is 0 Å². The molecule has 0 aliphatic heterocycles. The van der Waals surface area contributed by atoms with Gasteiger partial charge in [-0.1, -0.05) is 0 Å². The van der Waals surface area contributed by atoms with Crippen molar-refractivity contribution in [3.63, 3.8) is 0 Å². The predicted molar refractivity (Wildman–Crippen MR) is 58.3 cm³/mol. The Kier molecular flexibility index (Phi) is 2.49. The highest BCUT2D eigenvalue weighted by molar-refractivity contribution is 5.59. The Bertz CT molecular complexity index is 393. The number of nitrogens with zero attached hydrogens (tertiary/aromatic N) is 1. The first kappa shape index (κ1) is 9.45. The van der Waals surface area contributed by atoms with Crippen molar-refractivity contribution in [3.8, 4) is 0 Å². The number of nitrogens with one attached hydrogen (secondary N) is 1. The number of nitrogens with two attached hydrogens (primary N) is 1. The predicted octanol–water partition coefficient (Wildman–Crippen LogP) is 2.55. The van der Waals surface area contributed by atoms with Crippen LogP contribution in [-0.4, -0.2) is 4.98 Å². The van der Waals surface area contributed by atoms with Crippen molar-refractivity contribution in [1.82, 2.24) is 4.98 Å². The summed E-state index contributed by atoms with van der Waals surface area (Å²) in [5, 5.41) is 3.07. The molecule has 1 aromatic carbocycles. The summed E-state index contributed by atoms with van der Waals surface area (Å²) in [5.74, 6) is 0.218. The normalized spacial score (nSPS) is 9.93. The van der Waals surface area contributed by atoms with E-state index in [0.717, 1.165) is 11.4 Å². The van der Waals surface area contributed by atoms with E-state index >= 15 is 0 Å². The molecule has 0 unspecified atom stereocenters. The molecule has 0 aliphatic carbocycles. The zero-order valence-electron chi connectivity index (χ0n) is 7.94. The quantitative estimate of drug-likeness (QED) is 0.788.